The van der Waals surface area contributed by atoms with Crippen molar-refractivity contribution in [3.8, 4) is 0 Å². The van der Waals surface area contributed by atoms with Crippen LogP contribution in [0, 0.1) is 6.92 Å². The van der Waals surface area contributed by atoms with Crippen molar-refractivity contribution in [2.24, 2.45) is 5.73 Å². The fraction of sp³-hybridized carbons (Fsp3) is 0.600. The molecule has 0 radical (unpaired) electrons. The molecule has 0 bridgehead atoms. The molecule has 1 unspecified atom stereocenters. The van der Waals surface area contributed by atoms with Crippen LogP contribution in [0.25, 0.3) is 0 Å². The summed E-state index contributed by atoms with van der Waals surface area (Å²) in [5.74, 6) is 0. The number of hydrogen-bond donors (Lipinski definition) is 1. The molecule has 1 atom stereocenters. The second kappa shape index (κ2) is 6.76. The van der Waals surface area contributed by atoms with Gasteiger partial charge in [0.05, 0.1) is 5.54 Å². The van der Waals surface area contributed by atoms with Crippen molar-refractivity contribution >= 4 is 5.69 Å². The molecule has 0 aliphatic carbocycles. The molecule has 3 heteroatoms. The Kier molecular flexibility index (Phi) is 5.63. The van der Waals surface area contributed by atoms with E-state index in [-0.39, 0.29) is 5.54 Å². The number of nitrogens with two attached hydrogens (primary N) is 1. The number of methoxy groups -OCH3 is 1. The highest BCUT2D eigenvalue weighted by Crippen LogP contribution is 2.26. The Morgan fingerprint density at radius 2 is 2.11 bits per heavy atom. The summed E-state index contributed by atoms with van der Waals surface area (Å²) in [5, 5.41) is 0. The molecule has 0 saturated heterocycles. The Morgan fingerprint density at radius 1 is 1.39 bits per heavy atom. The van der Waals surface area contributed by atoms with Gasteiger partial charge in [-0.15, -0.1) is 0 Å². The Balaban J connectivity index is 2.99. The first-order chi connectivity index (χ1) is 8.57. The summed E-state index contributed by atoms with van der Waals surface area (Å²) in [5.41, 5.74) is 8.46. The van der Waals surface area contributed by atoms with Gasteiger partial charge in [0.15, 0.2) is 0 Å². The third-order valence-corrected chi connectivity index (χ3v) is 3.57. The van der Waals surface area contributed by atoms with Crippen LogP contribution in [0.2, 0.25) is 0 Å². The van der Waals surface area contributed by atoms with Crippen LogP contribution in [-0.4, -0.2) is 32.3 Å². The van der Waals surface area contributed by atoms with Crippen molar-refractivity contribution in [3.05, 3.63) is 29.8 Å². The second-order valence-electron chi connectivity index (χ2n) is 5.03. The molecule has 0 spiro atoms. The predicted molar refractivity (Wildman–Crippen MR) is 78.2 cm³/mol. The van der Waals surface area contributed by atoms with Crippen molar-refractivity contribution in [3.63, 3.8) is 0 Å². The minimum absolute atomic E-state index is 0.0570. The van der Waals surface area contributed by atoms with Crippen molar-refractivity contribution in [2.75, 3.05) is 31.7 Å². The fourth-order valence-electron chi connectivity index (χ4n) is 2.34. The number of hydrogen-bond acceptors (Lipinski definition) is 3. The van der Waals surface area contributed by atoms with Gasteiger partial charge in [0.1, 0.15) is 0 Å². The highest BCUT2D eigenvalue weighted by Gasteiger charge is 2.29. The van der Waals surface area contributed by atoms with Gasteiger partial charge in [-0.1, -0.05) is 12.1 Å². The molecule has 102 valence electrons. The topological polar surface area (TPSA) is 38.5 Å². The van der Waals surface area contributed by atoms with E-state index < -0.39 is 0 Å². The number of anilines is 1. The van der Waals surface area contributed by atoms with Crippen LogP contribution in [0.15, 0.2) is 24.3 Å². The molecule has 0 saturated carbocycles. The molecule has 0 heterocycles. The van der Waals surface area contributed by atoms with E-state index in [4.69, 9.17) is 10.5 Å². The Labute approximate surface area is 111 Å². The lowest BCUT2D eigenvalue weighted by Crippen LogP contribution is -2.52. The average molecular weight is 250 g/mol. The van der Waals surface area contributed by atoms with Gasteiger partial charge in [0.25, 0.3) is 0 Å². The Bertz CT molecular complexity index is 367. The molecular formula is C15H26N2O. The van der Waals surface area contributed by atoms with Gasteiger partial charge in [0.2, 0.25) is 0 Å². The van der Waals surface area contributed by atoms with Crippen LogP contribution in [0.5, 0.6) is 0 Å². The monoisotopic (exact) mass is 250 g/mol. The summed E-state index contributed by atoms with van der Waals surface area (Å²) in [7, 11) is 1.74. The van der Waals surface area contributed by atoms with E-state index in [1.165, 1.54) is 11.3 Å². The fourth-order valence-corrected chi connectivity index (χ4v) is 2.34. The van der Waals surface area contributed by atoms with Gasteiger partial charge in [-0.2, -0.15) is 0 Å². The number of aryl methyl sites for hydroxylation is 1. The zero-order valence-electron chi connectivity index (χ0n) is 12.1. The normalized spacial score (nSPS) is 14.3. The van der Waals surface area contributed by atoms with Crippen LogP contribution in [0.3, 0.4) is 0 Å². The summed E-state index contributed by atoms with van der Waals surface area (Å²) in [6.07, 6.45) is 0.932. The van der Waals surface area contributed by atoms with Gasteiger partial charge in [0, 0.05) is 32.5 Å². The third-order valence-electron chi connectivity index (χ3n) is 3.57. The van der Waals surface area contributed by atoms with Gasteiger partial charge in [-0.25, -0.2) is 0 Å². The standard InChI is InChI=1S/C15H26N2O/c1-5-17(14-8-6-7-13(2)11-14)15(3,12-16)9-10-18-4/h6-8,11H,5,9-10,12,16H2,1-4H3. The van der Waals surface area contributed by atoms with E-state index in [2.05, 4.69) is 49.9 Å². The number of rotatable bonds is 7. The largest absolute Gasteiger partial charge is 0.385 e. The van der Waals surface area contributed by atoms with E-state index in [0.717, 1.165) is 19.6 Å². The summed E-state index contributed by atoms with van der Waals surface area (Å²) in [6.45, 7) is 8.79. The SMILES string of the molecule is CCN(c1cccc(C)c1)C(C)(CN)CCOC. The number of nitrogens with zero attached hydrogens (tertiary/aromatic N) is 1. The lowest BCUT2D eigenvalue weighted by atomic mass is 9.94. The maximum atomic E-state index is 6.00. The van der Waals surface area contributed by atoms with Crippen LogP contribution in [0.1, 0.15) is 25.8 Å². The van der Waals surface area contributed by atoms with Crippen LogP contribution in [0.4, 0.5) is 5.69 Å². The Morgan fingerprint density at radius 3 is 2.61 bits per heavy atom. The molecule has 0 amide bonds. The quantitative estimate of drug-likeness (QED) is 0.808. The summed E-state index contributed by atoms with van der Waals surface area (Å²) >= 11 is 0. The van der Waals surface area contributed by atoms with Gasteiger partial charge >= 0.3 is 0 Å². The van der Waals surface area contributed by atoms with E-state index in [0.29, 0.717) is 6.54 Å². The Hall–Kier alpha value is -1.06. The maximum Gasteiger partial charge on any atom is 0.0517 e. The second-order valence-corrected chi connectivity index (χ2v) is 5.03. The summed E-state index contributed by atoms with van der Waals surface area (Å²) in [6, 6.07) is 8.58. The first-order valence-electron chi connectivity index (χ1n) is 6.60. The molecular weight excluding hydrogens is 224 g/mol. The minimum atomic E-state index is -0.0570. The summed E-state index contributed by atoms with van der Waals surface area (Å²) in [4.78, 5) is 2.37. The van der Waals surface area contributed by atoms with E-state index in [1.54, 1.807) is 7.11 Å². The molecule has 18 heavy (non-hydrogen) atoms. The highest BCUT2D eigenvalue weighted by molar-refractivity contribution is 5.50. The molecule has 0 aromatic heterocycles. The summed E-state index contributed by atoms with van der Waals surface area (Å²) < 4.78 is 5.21. The minimum Gasteiger partial charge on any atom is -0.385 e. The zero-order valence-corrected chi connectivity index (χ0v) is 12.1. The van der Waals surface area contributed by atoms with E-state index >= 15 is 0 Å². The first-order valence-corrected chi connectivity index (χ1v) is 6.60. The van der Waals surface area contributed by atoms with Crippen LogP contribution >= 0.6 is 0 Å². The van der Waals surface area contributed by atoms with Crippen LogP contribution < -0.4 is 10.6 Å². The van der Waals surface area contributed by atoms with Gasteiger partial charge in [-0.3, -0.25) is 0 Å². The molecule has 1 rings (SSSR count). The average Bonchev–Trinajstić information content (AvgIpc) is 2.37. The van der Waals surface area contributed by atoms with E-state index in [1.807, 2.05) is 0 Å². The predicted octanol–water partition coefficient (Wildman–Crippen LogP) is 2.58. The lowest BCUT2D eigenvalue weighted by molar-refractivity contribution is 0.170. The van der Waals surface area contributed by atoms with Gasteiger partial charge in [-0.05, 0) is 44.9 Å². The number of ether oxygens (including phenoxy) is 1. The van der Waals surface area contributed by atoms with Gasteiger partial charge < -0.3 is 15.4 Å². The van der Waals surface area contributed by atoms with Crippen molar-refractivity contribution < 1.29 is 4.74 Å². The molecule has 2 N–H and O–H groups in total. The molecule has 0 aliphatic rings. The first kappa shape index (κ1) is 15.0. The lowest BCUT2D eigenvalue weighted by Gasteiger charge is -2.42. The van der Waals surface area contributed by atoms with Crippen molar-refractivity contribution in [2.45, 2.75) is 32.7 Å². The van der Waals surface area contributed by atoms with Crippen LogP contribution in [-0.2, 0) is 4.74 Å². The maximum absolute atomic E-state index is 6.00. The van der Waals surface area contributed by atoms with Crippen molar-refractivity contribution in [1.29, 1.82) is 0 Å². The molecule has 1 aromatic carbocycles. The van der Waals surface area contributed by atoms with E-state index in [9.17, 15) is 0 Å². The zero-order chi connectivity index (χ0) is 13.6. The number of likely N-dealkylation sites (N-methyl/N-ethyl adjacent to an activating group) is 1. The van der Waals surface area contributed by atoms with Crippen molar-refractivity contribution in [1.82, 2.24) is 0 Å². The molecule has 0 fully saturated rings. The molecule has 1 aromatic rings. The smallest absolute Gasteiger partial charge is 0.0517 e. The molecule has 0 aliphatic heterocycles. The molecule has 3 nitrogen and oxygen atoms in total. The third kappa shape index (κ3) is 3.47. The number of benzene rings is 1. The highest BCUT2D eigenvalue weighted by atomic mass is 16.5.